The van der Waals surface area contributed by atoms with E-state index < -0.39 is 23.7 Å². The quantitative estimate of drug-likeness (QED) is 0.882. The van der Waals surface area contributed by atoms with Crippen molar-refractivity contribution in [2.24, 2.45) is 0 Å². The van der Waals surface area contributed by atoms with Crippen LogP contribution in [0.15, 0.2) is 22.7 Å². The van der Waals surface area contributed by atoms with Crippen molar-refractivity contribution in [3.63, 3.8) is 0 Å². The van der Waals surface area contributed by atoms with E-state index in [2.05, 4.69) is 20.0 Å². The highest BCUT2D eigenvalue weighted by Gasteiger charge is 2.38. The molecule has 1 N–H and O–H groups in total. The first-order valence-electron chi connectivity index (χ1n) is 6.51. The second-order valence-electron chi connectivity index (χ2n) is 4.80. The molecular weight excluding hydrogens is 306 g/mol. The second kappa shape index (κ2) is 5.56. The van der Waals surface area contributed by atoms with Crippen LogP contribution in [0.25, 0.3) is 11.4 Å². The maximum absolute atomic E-state index is 14.0. The first-order valence-corrected chi connectivity index (χ1v) is 6.51. The molecule has 2 aromatic rings. The summed E-state index contributed by atoms with van der Waals surface area (Å²) >= 11 is 0. The Hall–Kier alpha value is -2.16. The van der Waals surface area contributed by atoms with Crippen molar-refractivity contribution in [3.8, 4) is 17.1 Å². The summed E-state index contributed by atoms with van der Waals surface area (Å²) in [4.78, 5) is 3.15. The third kappa shape index (κ3) is 3.03. The standard InChI is InChI=1S/C13H11F4N3O2/c14-10-5-7(21-8-3-4-18-6-8)1-2-9(10)11-19-12(22-20-11)13(15,16)17/h1-2,5,8,18H,3-4,6H2/t8-/m0/s1. The zero-order valence-electron chi connectivity index (χ0n) is 11.2. The molecule has 1 atom stereocenters. The molecule has 0 saturated carbocycles. The van der Waals surface area contributed by atoms with Gasteiger partial charge in [-0.1, -0.05) is 5.16 Å². The minimum Gasteiger partial charge on any atom is -0.489 e. The van der Waals surface area contributed by atoms with Crippen LogP contribution in [0.4, 0.5) is 17.6 Å². The zero-order chi connectivity index (χ0) is 15.7. The lowest BCUT2D eigenvalue weighted by atomic mass is 10.2. The summed E-state index contributed by atoms with van der Waals surface area (Å²) in [6.45, 7) is 1.50. The summed E-state index contributed by atoms with van der Waals surface area (Å²) in [6.07, 6.45) is -4.00. The van der Waals surface area contributed by atoms with Gasteiger partial charge in [0, 0.05) is 12.6 Å². The molecule has 9 heteroatoms. The van der Waals surface area contributed by atoms with Gasteiger partial charge >= 0.3 is 12.1 Å². The molecule has 22 heavy (non-hydrogen) atoms. The van der Waals surface area contributed by atoms with E-state index in [4.69, 9.17) is 4.74 Å². The fourth-order valence-corrected chi connectivity index (χ4v) is 2.12. The van der Waals surface area contributed by atoms with Gasteiger partial charge in [-0.25, -0.2) is 4.39 Å². The molecular formula is C13H11F4N3O2. The highest BCUT2D eigenvalue weighted by atomic mass is 19.4. The molecule has 0 spiro atoms. The monoisotopic (exact) mass is 317 g/mol. The van der Waals surface area contributed by atoms with E-state index in [1.54, 1.807) is 0 Å². The molecule has 0 amide bonds. The molecule has 118 valence electrons. The molecule has 1 aliphatic rings. The van der Waals surface area contributed by atoms with Crippen molar-refractivity contribution < 1.29 is 26.8 Å². The van der Waals surface area contributed by atoms with Crippen LogP contribution in [-0.4, -0.2) is 29.3 Å². The van der Waals surface area contributed by atoms with Gasteiger partial charge in [0.15, 0.2) is 0 Å². The van der Waals surface area contributed by atoms with Crippen molar-refractivity contribution in [2.75, 3.05) is 13.1 Å². The van der Waals surface area contributed by atoms with Gasteiger partial charge in [-0.15, -0.1) is 0 Å². The maximum Gasteiger partial charge on any atom is 0.471 e. The molecule has 2 heterocycles. The first-order chi connectivity index (χ1) is 10.4. The number of halogens is 4. The summed E-state index contributed by atoms with van der Waals surface area (Å²) in [5.74, 6) is -2.45. The molecule has 0 bridgehead atoms. The third-order valence-corrected chi connectivity index (χ3v) is 3.17. The van der Waals surface area contributed by atoms with Crippen LogP contribution in [0.2, 0.25) is 0 Å². The van der Waals surface area contributed by atoms with Gasteiger partial charge < -0.3 is 14.6 Å². The van der Waals surface area contributed by atoms with Crippen molar-refractivity contribution >= 4 is 0 Å². The number of nitrogens with zero attached hydrogens (tertiary/aromatic N) is 2. The van der Waals surface area contributed by atoms with E-state index in [0.717, 1.165) is 19.0 Å². The Morgan fingerprint density at radius 1 is 1.32 bits per heavy atom. The largest absolute Gasteiger partial charge is 0.489 e. The molecule has 0 unspecified atom stereocenters. The smallest absolute Gasteiger partial charge is 0.471 e. The van der Waals surface area contributed by atoms with E-state index >= 15 is 0 Å². The van der Waals surface area contributed by atoms with Crippen LogP contribution in [0.3, 0.4) is 0 Å². The van der Waals surface area contributed by atoms with Gasteiger partial charge in [0.1, 0.15) is 17.7 Å². The van der Waals surface area contributed by atoms with Crippen LogP contribution in [-0.2, 0) is 6.18 Å². The molecule has 1 aromatic carbocycles. The average Bonchev–Trinajstić information content (AvgIpc) is 3.08. The van der Waals surface area contributed by atoms with E-state index in [-0.39, 0.29) is 11.7 Å². The van der Waals surface area contributed by atoms with Crippen molar-refractivity contribution in [2.45, 2.75) is 18.7 Å². The highest BCUT2D eigenvalue weighted by Crippen LogP contribution is 2.31. The number of alkyl halides is 3. The van der Waals surface area contributed by atoms with Crippen molar-refractivity contribution in [3.05, 3.63) is 29.9 Å². The number of nitrogens with one attached hydrogen (secondary N) is 1. The minimum absolute atomic E-state index is 0.0488. The molecule has 3 rings (SSSR count). The highest BCUT2D eigenvalue weighted by molar-refractivity contribution is 5.56. The molecule has 1 fully saturated rings. The van der Waals surface area contributed by atoms with Gasteiger partial charge in [0.2, 0.25) is 5.82 Å². The Morgan fingerprint density at radius 2 is 2.14 bits per heavy atom. The summed E-state index contributed by atoms with van der Waals surface area (Å²) in [5.41, 5.74) is -0.184. The first kappa shape index (κ1) is 14.8. The average molecular weight is 317 g/mol. The zero-order valence-corrected chi connectivity index (χ0v) is 11.2. The van der Waals surface area contributed by atoms with Crippen LogP contribution >= 0.6 is 0 Å². The number of rotatable bonds is 3. The Morgan fingerprint density at radius 3 is 2.73 bits per heavy atom. The van der Waals surface area contributed by atoms with Gasteiger partial charge in [-0.3, -0.25) is 0 Å². The van der Waals surface area contributed by atoms with E-state index in [1.165, 1.54) is 12.1 Å². The van der Waals surface area contributed by atoms with Gasteiger partial charge in [0.05, 0.1) is 5.56 Å². The SMILES string of the molecule is Fc1cc(O[C@H]2CCNC2)ccc1-c1noc(C(F)(F)F)n1. The predicted octanol–water partition coefficient (Wildman–Crippen LogP) is 2.64. The van der Waals surface area contributed by atoms with Gasteiger partial charge in [-0.05, 0) is 25.1 Å². The lowest BCUT2D eigenvalue weighted by Gasteiger charge is -2.12. The molecule has 5 nitrogen and oxygen atoms in total. The number of hydrogen-bond donors (Lipinski definition) is 1. The summed E-state index contributed by atoms with van der Waals surface area (Å²) in [5, 5.41) is 6.25. The minimum atomic E-state index is -4.76. The molecule has 1 saturated heterocycles. The Labute approximate surface area is 122 Å². The lowest BCUT2D eigenvalue weighted by molar-refractivity contribution is -0.159. The van der Waals surface area contributed by atoms with Gasteiger partial charge in [0.25, 0.3) is 0 Å². The number of hydrogen-bond acceptors (Lipinski definition) is 5. The van der Waals surface area contributed by atoms with Crippen LogP contribution in [0, 0.1) is 5.82 Å². The Bertz CT molecular complexity index is 666. The van der Waals surface area contributed by atoms with Crippen molar-refractivity contribution in [1.82, 2.24) is 15.5 Å². The number of ether oxygens (including phenoxy) is 1. The summed E-state index contributed by atoms with van der Waals surface area (Å²) in [7, 11) is 0. The summed E-state index contributed by atoms with van der Waals surface area (Å²) < 4.78 is 60.8. The Kier molecular flexibility index (Phi) is 3.73. The normalized spacial score (nSPS) is 18.6. The molecule has 1 aromatic heterocycles. The predicted molar refractivity (Wildman–Crippen MR) is 66.6 cm³/mol. The van der Waals surface area contributed by atoms with E-state index in [0.29, 0.717) is 12.3 Å². The molecule has 0 aliphatic carbocycles. The fraction of sp³-hybridized carbons (Fsp3) is 0.385. The topological polar surface area (TPSA) is 60.2 Å². The number of aromatic nitrogens is 2. The second-order valence-corrected chi connectivity index (χ2v) is 4.80. The van der Waals surface area contributed by atoms with Gasteiger partial charge in [-0.2, -0.15) is 18.2 Å². The Balaban J connectivity index is 1.81. The fourth-order valence-electron chi connectivity index (χ4n) is 2.12. The third-order valence-electron chi connectivity index (χ3n) is 3.17. The summed E-state index contributed by atoms with van der Waals surface area (Å²) in [6, 6.07) is 3.82. The van der Waals surface area contributed by atoms with Crippen LogP contribution in [0.5, 0.6) is 5.75 Å². The van der Waals surface area contributed by atoms with Crippen LogP contribution < -0.4 is 10.1 Å². The maximum atomic E-state index is 14.0. The van der Waals surface area contributed by atoms with Crippen molar-refractivity contribution in [1.29, 1.82) is 0 Å². The molecule has 1 aliphatic heterocycles. The van der Waals surface area contributed by atoms with E-state index in [9.17, 15) is 17.6 Å². The lowest BCUT2D eigenvalue weighted by Crippen LogP contribution is -2.19. The van der Waals surface area contributed by atoms with E-state index in [1.807, 2.05) is 0 Å². The molecule has 0 radical (unpaired) electrons. The van der Waals surface area contributed by atoms with Crippen LogP contribution in [0.1, 0.15) is 12.3 Å². The number of benzene rings is 1.